The van der Waals surface area contributed by atoms with Gasteiger partial charge in [0.2, 0.25) is 5.78 Å². The maximum atomic E-state index is 11.9. The summed E-state index contributed by atoms with van der Waals surface area (Å²) in [5, 5.41) is 50.0. The van der Waals surface area contributed by atoms with E-state index in [0.717, 1.165) is 0 Å². The van der Waals surface area contributed by atoms with Crippen molar-refractivity contribution in [3.05, 3.63) is 86.5 Å². The van der Waals surface area contributed by atoms with E-state index in [1.54, 1.807) is 48.8 Å². The van der Waals surface area contributed by atoms with Gasteiger partial charge in [-0.15, -0.1) is 6.54 Å². The number of benzene rings is 1. The van der Waals surface area contributed by atoms with Crippen molar-refractivity contribution in [1.29, 1.82) is 0 Å². The molecule has 0 atom stereocenters. The number of rotatable bonds is 8. The third-order valence-electron chi connectivity index (χ3n) is 3.49. The molecule has 1 aliphatic carbocycles. The summed E-state index contributed by atoms with van der Waals surface area (Å²) in [6.45, 7) is 1.08. The van der Waals surface area contributed by atoms with Crippen molar-refractivity contribution in [3.63, 3.8) is 0 Å². The fourth-order valence-electron chi connectivity index (χ4n) is 2.17. The van der Waals surface area contributed by atoms with Gasteiger partial charge in [0.25, 0.3) is 0 Å². The molecule has 1 radical (unpaired) electrons. The van der Waals surface area contributed by atoms with E-state index in [-0.39, 0.29) is 63.6 Å². The maximum absolute atomic E-state index is 11.9. The number of allylic oxidation sites excluding steroid dienone is 4. The summed E-state index contributed by atoms with van der Waals surface area (Å²) >= 11 is 14.8. The molecule has 0 amide bonds. The fraction of sp³-hybridized carbons (Fsp3) is 0.217. The fourth-order valence-corrected chi connectivity index (χ4v) is 2.17. The molecule has 41 heavy (non-hydrogen) atoms. The summed E-state index contributed by atoms with van der Waals surface area (Å²) in [6, 6.07) is 5.07. The first-order valence-electron chi connectivity index (χ1n) is 9.56. The summed E-state index contributed by atoms with van der Waals surface area (Å²) in [6.07, 6.45) is 8.88. The molecule has 0 aliphatic heterocycles. The summed E-state index contributed by atoms with van der Waals surface area (Å²) in [7, 11) is 2.93. The number of hydrogen-bond acceptors (Lipinski definition) is 11. The van der Waals surface area contributed by atoms with Crippen LogP contribution in [0.25, 0.3) is 27.0 Å². The molecule has 0 heterocycles. The van der Waals surface area contributed by atoms with Gasteiger partial charge in [-0.2, -0.15) is 26.8 Å². The predicted octanol–water partition coefficient (Wildman–Crippen LogP) is 5.46. The van der Waals surface area contributed by atoms with Crippen LogP contribution in [0.1, 0.15) is 12.0 Å². The van der Waals surface area contributed by atoms with E-state index < -0.39 is 0 Å². The van der Waals surface area contributed by atoms with Crippen LogP contribution >= 0.6 is 48.9 Å². The summed E-state index contributed by atoms with van der Waals surface area (Å²) in [4.78, 5) is 16.2. The Morgan fingerprint density at radius 2 is 1.51 bits per heavy atom. The molecule has 1 aromatic carbocycles. The van der Waals surface area contributed by atoms with Gasteiger partial charge < -0.3 is 53.8 Å². The zero-order valence-corrected chi connectivity index (χ0v) is 28.5. The molecule has 221 valence electrons. The second-order valence-corrected chi connectivity index (χ2v) is 6.28. The van der Waals surface area contributed by atoms with Crippen molar-refractivity contribution >= 4 is 81.5 Å². The first-order valence-corrected chi connectivity index (χ1v) is 11.2. The standard InChI is InChI=1S/C19H22N2O4.4CNS.Au.Cr.2H3N/c1-24-16-8-3-6-14(18(16)22)12-20-10-5-11-21-13-15-7-4-9-17(25-2)19(15)23;4*2-1-3;;;;/h3-4,6-9,12-13H,5,10-11H2,1-2H3,(H2,20,21,22,23);;;;;;;2*1H3/q;4*-1;+3;+5;;/p-2. The van der Waals surface area contributed by atoms with Gasteiger partial charge >= 0.3 is 39.7 Å². The number of thiocarbonyl (C=S) groups is 4. The maximum Gasteiger partial charge on any atom is 5.00 e. The number of carbonyl (C=O) groups excluding carboxylic acids is 1. The molecular weight excluding hydrogens is 830 g/mol. The minimum atomic E-state index is -0.173. The Bertz CT molecular complexity index is 1060. The van der Waals surface area contributed by atoms with E-state index >= 15 is 0 Å². The third-order valence-corrected chi connectivity index (χ3v) is 3.49. The van der Waals surface area contributed by atoms with Gasteiger partial charge in [0.15, 0.2) is 5.76 Å². The molecule has 0 aromatic heterocycles. The zero-order valence-electron chi connectivity index (χ0n) is 21.8. The monoisotopic (exact) mass is 855 g/mol. The van der Waals surface area contributed by atoms with Gasteiger partial charge in [-0.3, -0.25) is 9.79 Å². The topological polar surface area (TPSA) is 244 Å². The van der Waals surface area contributed by atoms with Crippen molar-refractivity contribution in [2.45, 2.75) is 6.42 Å². The number of ether oxygens (including phenoxy) is 2. The van der Waals surface area contributed by atoms with Crippen molar-refractivity contribution in [1.82, 2.24) is 12.3 Å². The van der Waals surface area contributed by atoms with Crippen LogP contribution in [0.15, 0.2) is 59.0 Å². The van der Waals surface area contributed by atoms with Gasteiger partial charge in [-0.25, -0.2) is 0 Å². The van der Waals surface area contributed by atoms with E-state index in [4.69, 9.17) is 31.1 Å². The van der Waals surface area contributed by atoms with Crippen LogP contribution in [0, 0.1) is 0 Å². The van der Waals surface area contributed by atoms with Crippen LogP contribution in [0.2, 0.25) is 0 Å². The molecule has 0 saturated heterocycles. The zero-order chi connectivity index (χ0) is 28.9. The van der Waals surface area contributed by atoms with E-state index in [2.05, 4.69) is 59.2 Å². The Kier molecular flexibility index (Phi) is 55.6. The van der Waals surface area contributed by atoms with Gasteiger partial charge in [-0.05, 0) is 24.1 Å². The number of ketones is 1. The van der Waals surface area contributed by atoms with Gasteiger partial charge in [0.1, 0.15) is 5.75 Å². The van der Waals surface area contributed by atoms with Gasteiger partial charge in [0, 0.05) is 18.3 Å². The number of nitrogens with zero attached hydrogens (tertiary/aromatic N) is 6. The predicted molar refractivity (Wildman–Crippen MR) is 169 cm³/mol. The first kappa shape index (κ1) is 54.5. The minimum Gasteiger partial charge on any atom is -0.870 e. The smallest absolute Gasteiger partial charge is 0.870 e. The first-order chi connectivity index (χ1) is 17.8. The number of isothiocyanates is 4. The average Bonchev–Trinajstić information content (AvgIpc) is 2.87. The second-order valence-electron chi connectivity index (χ2n) is 5.55. The normalized spacial score (nSPS) is 10.2. The molecule has 12 nitrogen and oxygen atoms in total. The van der Waals surface area contributed by atoms with E-state index in [9.17, 15) is 9.90 Å². The van der Waals surface area contributed by atoms with E-state index in [0.29, 0.717) is 42.2 Å². The Morgan fingerprint density at radius 3 is 1.98 bits per heavy atom. The number of aliphatic imine (C=N–C) groups is 1. The number of Topliss-reactive ketones (excluding diaryl/α,β-unsaturated/α-hetero) is 1. The Morgan fingerprint density at radius 1 is 1.00 bits per heavy atom. The number of para-hydroxylation sites is 1. The van der Waals surface area contributed by atoms with Crippen molar-refractivity contribution < 1.29 is 59.1 Å². The molecule has 1 aliphatic rings. The summed E-state index contributed by atoms with van der Waals surface area (Å²) < 4.78 is 9.97. The Balaban J connectivity index is -0.000000125. The SMILES string of the molecule is COC1=CC=C/C(=C/[N-]CCCN=Cc2cccc(OC)c2[O-])C1=O.N.N.[Au+3].[Cr+5].[N-]=C=S.[N-]=C=S.[N-]=C=S.[N-]=C=S. The second kappa shape index (κ2) is 41.8. The molecule has 0 bridgehead atoms. The van der Waals surface area contributed by atoms with Crippen molar-refractivity contribution in [2.75, 3.05) is 27.3 Å². The minimum absolute atomic E-state index is 0. The van der Waals surface area contributed by atoms with Crippen molar-refractivity contribution in [3.8, 4) is 11.5 Å². The quantitative estimate of drug-likeness (QED) is 0.110. The Labute approximate surface area is 287 Å². The molecular formula is C23H26AuCrN8O4S4+2. The van der Waals surface area contributed by atoms with E-state index in [1.807, 2.05) is 0 Å². The van der Waals surface area contributed by atoms with Crippen LogP contribution in [0.5, 0.6) is 11.5 Å². The van der Waals surface area contributed by atoms with Crippen LogP contribution in [-0.4, -0.2) is 60.0 Å². The summed E-state index contributed by atoms with van der Waals surface area (Å²) in [5.74, 6) is 0.265. The molecule has 1 aromatic rings. The van der Waals surface area contributed by atoms with Gasteiger partial charge in [-0.1, -0.05) is 78.9 Å². The van der Waals surface area contributed by atoms with Crippen LogP contribution < -0.4 is 22.1 Å². The molecule has 0 spiro atoms. The van der Waals surface area contributed by atoms with Crippen LogP contribution in [0.3, 0.4) is 0 Å². The van der Waals surface area contributed by atoms with Gasteiger partial charge in [0.05, 0.1) is 14.2 Å². The largest absolute Gasteiger partial charge is 5.00 e. The van der Waals surface area contributed by atoms with Crippen molar-refractivity contribution in [2.24, 2.45) is 4.99 Å². The number of methoxy groups -OCH3 is 2. The molecule has 6 N–H and O–H groups in total. The Hall–Kier alpha value is -2.63. The third kappa shape index (κ3) is 30.2. The molecule has 0 saturated carbocycles. The van der Waals surface area contributed by atoms with Crippen LogP contribution in [-0.2, 0) is 49.3 Å². The molecule has 18 heteroatoms. The molecule has 2 rings (SSSR count). The number of carbonyl (C=O) groups is 1. The summed E-state index contributed by atoms with van der Waals surface area (Å²) in [5.41, 5.74) is 0.991. The average molecular weight is 856 g/mol. The molecule has 0 fully saturated rings. The van der Waals surface area contributed by atoms with E-state index in [1.165, 1.54) is 34.9 Å². The molecule has 0 unspecified atom stereocenters. The van der Waals surface area contributed by atoms with Crippen LogP contribution in [0.4, 0.5) is 0 Å². The number of hydrogen-bond donors (Lipinski definition) is 2.